The summed E-state index contributed by atoms with van der Waals surface area (Å²) in [6.45, 7) is 3.12. The van der Waals surface area contributed by atoms with Crippen molar-refractivity contribution < 1.29 is 24.2 Å². The Morgan fingerprint density at radius 1 is 1.02 bits per heavy atom. The lowest BCUT2D eigenvalue weighted by molar-refractivity contribution is -0.140. The molecule has 50 heavy (non-hydrogen) atoms. The zero-order chi connectivity index (χ0) is 35.9. The number of phenols is 1. The number of hydrogen-bond acceptors (Lipinski definition) is 9. The van der Waals surface area contributed by atoms with Gasteiger partial charge in [-0.2, -0.15) is 10.2 Å². The third-order valence-corrected chi connectivity index (χ3v) is 11.0. The van der Waals surface area contributed by atoms with E-state index in [1.165, 1.54) is 19.8 Å². The molecule has 13 heteroatoms. The minimum Gasteiger partial charge on any atom is -0.508 e. The molecule has 3 heterocycles. The number of fused-ring (bicyclic) bond motifs is 2. The first kappa shape index (κ1) is 35.6. The number of methoxy groups -OCH3 is 2. The lowest BCUT2D eigenvalue weighted by Gasteiger charge is -2.16. The minimum absolute atomic E-state index is 0.116. The molecule has 0 radical (unpaired) electrons. The molecule has 0 saturated heterocycles. The molecule has 264 valence electrons. The van der Waals surface area contributed by atoms with Crippen molar-refractivity contribution in [3.8, 4) is 16.9 Å². The molecule has 0 fully saturated rings. The van der Waals surface area contributed by atoms with Gasteiger partial charge in [-0.3, -0.25) is 19.1 Å². The van der Waals surface area contributed by atoms with Crippen LogP contribution in [0.2, 0.25) is 5.02 Å². The molecule has 6 rings (SSSR count). The summed E-state index contributed by atoms with van der Waals surface area (Å²) in [6, 6.07) is 9.95. The standard InChI is InChI=1S/C37H43ClN6O5S/c1-21-33(34-29(38)13-11-27-28(12-14-32(46)48-6)36(37(47)49-7)42(3)35(27)34)30(40-43(21)4)19-41(2)18-23-16-24(44(5)39-23)20-50-25-15-22-9-8-10-26(22)31(45)17-25/h11,13,15-17,45H,8-10,12,14,18-20H2,1-7H3. The fourth-order valence-corrected chi connectivity index (χ4v) is 8.41. The fourth-order valence-electron chi connectivity index (χ4n) is 7.16. The Labute approximate surface area is 301 Å². The second kappa shape index (κ2) is 14.5. The molecule has 1 N–H and O–H groups in total. The molecule has 1 aliphatic carbocycles. The molecule has 0 spiro atoms. The number of carbonyl (C=O) groups is 2. The van der Waals surface area contributed by atoms with E-state index < -0.39 is 5.97 Å². The van der Waals surface area contributed by atoms with Crippen LogP contribution in [0.25, 0.3) is 22.0 Å². The van der Waals surface area contributed by atoms with Gasteiger partial charge in [0.15, 0.2) is 0 Å². The molecule has 0 atom stereocenters. The van der Waals surface area contributed by atoms with Crippen LogP contribution in [0.3, 0.4) is 0 Å². The maximum Gasteiger partial charge on any atom is 0.354 e. The van der Waals surface area contributed by atoms with Crippen LogP contribution in [0.1, 0.15) is 62.8 Å². The highest BCUT2D eigenvalue weighted by Crippen LogP contribution is 2.42. The average molecular weight is 719 g/mol. The summed E-state index contributed by atoms with van der Waals surface area (Å²) in [5.74, 6) is 0.292. The van der Waals surface area contributed by atoms with Crippen molar-refractivity contribution in [1.29, 1.82) is 0 Å². The number of aromatic nitrogens is 5. The predicted octanol–water partition coefficient (Wildman–Crippen LogP) is 6.28. The van der Waals surface area contributed by atoms with Crippen LogP contribution in [0, 0.1) is 6.92 Å². The van der Waals surface area contributed by atoms with Crippen LogP contribution in [-0.2, 0) is 73.5 Å². The lowest BCUT2D eigenvalue weighted by Crippen LogP contribution is -2.18. The average Bonchev–Trinajstić information content (AvgIpc) is 3.83. The van der Waals surface area contributed by atoms with Gasteiger partial charge in [0.05, 0.1) is 36.1 Å². The number of aromatic hydroxyl groups is 1. The van der Waals surface area contributed by atoms with E-state index in [9.17, 15) is 14.7 Å². The highest BCUT2D eigenvalue weighted by molar-refractivity contribution is 7.98. The van der Waals surface area contributed by atoms with Gasteiger partial charge in [-0.1, -0.05) is 17.7 Å². The fraction of sp³-hybridized carbons (Fsp3) is 0.405. The van der Waals surface area contributed by atoms with Gasteiger partial charge in [0.1, 0.15) is 11.4 Å². The largest absolute Gasteiger partial charge is 0.508 e. The van der Waals surface area contributed by atoms with Crippen molar-refractivity contribution in [3.63, 3.8) is 0 Å². The van der Waals surface area contributed by atoms with Gasteiger partial charge in [-0.15, -0.1) is 11.8 Å². The Bertz CT molecular complexity index is 2120. The highest BCUT2D eigenvalue weighted by atomic mass is 35.5. The topological polar surface area (TPSA) is 117 Å². The Hall–Kier alpha value is -4.26. The van der Waals surface area contributed by atoms with Crippen molar-refractivity contribution in [3.05, 3.63) is 80.5 Å². The zero-order valence-corrected chi connectivity index (χ0v) is 31.2. The number of esters is 2. The summed E-state index contributed by atoms with van der Waals surface area (Å²) in [7, 11) is 10.4. The van der Waals surface area contributed by atoms with Crippen molar-refractivity contribution in [1.82, 2.24) is 29.0 Å². The first-order valence-corrected chi connectivity index (χ1v) is 17.9. The van der Waals surface area contributed by atoms with Crippen molar-refractivity contribution in [2.24, 2.45) is 21.1 Å². The quantitative estimate of drug-likeness (QED) is 0.117. The normalized spacial score (nSPS) is 12.7. The van der Waals surface area contributed by atoms with E-state index in [4.69, 9.17) is 31.3 Å². The molecule has 0 aliphatic heterocycles. The molecular formula is C37H43ClN6O5S. The molecule has 1 aliphatic rings. The van der Waals surface area contributed by atoms with Gasteiger partial charge in [-0.25, -0.2) is 4.79 Å². The molecule has 2 aromatic carbocycles. The molecule has 0 amide bonds. The number of rotatable bonds is 12. The van der Waals surface area contributed by atoms with Crippen molar-refractivity contribution in [2.45, 2.75) is 62.8 Å². The maximum absolute atomic E-state index is 13.1. The first-order valence-electron chi connectivity index (χ1n) is 16.6. The SMILES string of the molecule is COC(=O)CCc1c(C(=O)OC)n(C)c2c(-c3c(CN(C)Cc4cc(CSc5cc(O)c6c(c5)CCC6)n(C)n4)nn(C)c3C)c(Cl)ccc12. The van der Waals surface area contributed by atoms with Crippen molar-refractivity contribution in [2.75, 3.05) is 21.3 Å². The third kappa shape index (κ3) is 6.76. The zero-order valence-electron chi connectivity index (χ0n) is 29.6. The van der Waals surface area contributed by atoms with Gasteiger partial charge in [0.25, 0.3) is 0 Å². The number of thioether (sulfide) groups is 1. The predicted molar refractivity (Wildman–Crippen MR) is 195 cm³/mol. The number of ether oxygens (including phenoxy) is 2. The summed E-state index contributed by atoms with van der Waals surface area (Å²) >= 11 is 8.71. The Morgan fingerprint density at radius 2 is 1.80 bits per heavy atom. The van der Waals surface area contributed by atoms with Gasteiger partial charge in [-0.05, 0) is 80.6 Å². The molecule has 3 aromatic heterocycles. The number of halogens is 1. The summed E-state index contributed by atoms with van der Waals surface area (Å²) in [4.78, 5) is 28.4. The van der Waals surface area contributed by atoms with Gasteiger partial charge in [0.2, 0.25) is 0 Å². The van der Waals surface area contributed by atoms with Crippen LogP contribution in [-0.4, -0.2) is 67.3 Å². The minimum atomic E-state index is -0.493. The van der Waals surface area contributed by atoms with Crippen LogP contribution < -0.4 is 0 Å². The Morgan fingerprint density at radius 3 is 2.54 bits per heavy atom. The van der Waals surface area contributed by atoms with E-state index in [1.54, 1.807) is 11.8 Å². The summed E-state index contributed by atoms with van der Waals surface area (Å²) in [6.07, 6.45) is 3.49. The Balaban J connectivity index is 1.27. The number of phenolic OH excluding ortho intramolecular Hbond substituents is 1. The molecular weight excluding hydrogens is 676 g/mol. The molecule has 0 saturated carbocycles. The molecule has 5 aromatic rings. The number of benzene rings is 2. The van der Waals surface area contributed by atoms with E-state index in [0.29, 0.717) is 41.5 Å². The number of aryl methyl sites for hydroxylation is 5. The number of hydrogen-bond donors (Lipinski definition) is 1. The van der Waals surface area contributed by atoms with E-state index >= 15 is 0 Å². The summed E-state index contributed by atoms with van der Waals surface area (Å²) < 4.78 is 15.6. The second-order valence-electron chi connectivity index (χ2n) is 12.9. The third-order valence-electron chi connectivity index (χ3n) is 9.68. The molecule has 11 nitrogen and oxygen atoms in total. The van der Waals surface area contributed by atoms with E-state index in [2.05, 4.69) is 17.0 Å². The number of carbonyl (C=O) groups excluding carboxylic acids is 2. The van der Waals surface area contributed by atoms with Crippen LogP contribution >= 0.6 is 23.4 Å². The van der Waals surface area contributed by atoms with Gasteiger partial charge >= 0.3 is 11.9 Å². The second-order valence-corrected chi connectivity index (χ2v) is 14.4. The highest BCUT2D eigenvalue weighted by Gasteiger charge is 2.28. The first-order chi connectivity index (χ1) is 23.9. The smallest absolute Gasteiger partial charge is 0.354 e. The van der Waals surface area contributed by atoms with Crippen LogP contribution in [0.5, 0.6) is 5.75 Å². The monoisotopic (exact) mass is 718 g/mol. The molecule has 0 unspecified atom stereocenters. The van der Waals surface area contributed by atoms with E-state index in [-0.39, 0.29) is 12.4 Å². The summed E-state index contributed by atoms with van der Waals surface area (Å²) in [5.41, 5.74) is 9.65. The van der Waals surface area contributed by atoms with Crippen LogP contribution in [0.15, 0.2) is 35.2 Å². The van der Waals surface area contributed by atoms with Gasteiger partial charge < -0.3 is 19.1 Å². The molecule has 0 bridgehead atoms. The lowest BCUT2D eigenvalue weighted by atomic mass is 9.98. The van der Waals surface area contributed by atoms with Crippen molar-refractivity contribution >= 4 is 46.2 Å². The Kier molecular flexibility index (Phi) is 10.3. The van der Waals surface area contributed by atoms with E-state index in [0.717, 1.165) is 80.3 Å². The van der Waals surface area contributed by atoms with E-state index in [1.807, 2.05) is 67.2 Å². The number of nitrogens with zero attached hydrogens (tertiary/aromatic N) is 6. The van der Waals surface area contributed by atoms with Crippen LogP contribution in [0.4, 0.5) is 0 Å². The maximum atomic E-state index is 13.1. The summed E-state index contributed by atoms with van der Waals surface area (Å²) in [5, 5.41) is 21.6. The van der Waals surface area contributed by atoms with Gasteiger partial charge in [0, 0.05) is 79.2 Å².